The van der Waals surface area contributed by atoms with Crippen molar-refractivity contribution in [1.29, 1.82) is 0 Å². The first-order chi connectivity index (χ1) is 7.75. The number of thiazole rings is 1. The van der Waals surface area contributed by atoms with E-state index in [1.807, 2.05) is 5.38 Å². The van der Waals surface area contributed by atoms with Crippen LogP contribution >= 0.6 is 11.3 Å². The van der Waals surface area contributed by atoms with Crippen molar-refractivity contribution in [3.8, 4) is 11.6 Å². The lowest BCUT2D eigenvalue weighted by Gasteiger charge is -1.91. The van der Waals surface area contributed by atoms with E-state index in [0.29, 0.717) is 30.3 Å². The van der Waals surface area contributed by atoms with Gasteiger partial charge in [-0.2, -0.15) is 0 Å². The minimum absolute atomic E-state index is 0.106. The third-order valence-electron chi connectivity index (χ3n) is 1.90. The van der Waals surface area contributed by atoms with Gasteiger partial charge in [0.25, 0.3) is 5.89 Å². The summed E-state index contributed by atoms with van der Waals surface area (Å²) in [5.74, 6) is 0.00932. The van der Waals surface area contributed by atoms with Crippen LogP contribution in [0, 0.1) is 0 Å². The molecule has 2 aromatic rings. The van der Waals surface area contributed by atoms with Crippen molar-refractivity contribution in [2.75, 3.05) is 0 Å². The lowest BCUT2D eigenvalue weighted by molar-refractivity contribution is -0.137. The summed E-state index contributed by atoms with van der Waals surface area (Å²) < 4.78 is 5.34. The molecule has 2 rings (SSSR count). The van der Waals surface area contributed by atoms with Gasteiger partial charge in [0.05, 0.1) is 5.51 Å². The predicted octanol–water partition coefficient (Wildman–Crippen LogP) is 1.60. The van der Waals surface area contributed by atoms with Crippen molar-refractivity contribution in [2.24, 2.45) is 0 Å². The van der Waals surface area contributed by atoms with E-state index < -0.39 is 5.97 Å². The fraction of sp³-hybridized carbons (Fsp3) is 0.333. The van der Waals surface area contributed by atoms with E-state index in [0.717, 1.165) is 0 Å². The average Bonchev–Trinajstić information content (AvgIpc) is 2.85. The molecule has 0 saturated heterocycles. The van der Waals surface area contributed by atoms with E-state index >= 15 is 0 Å². The fourth-order valence-corrected chi connectivity index (χ4v) is 1.69. The van der Waals surface area contributed by atoms with E-state index in [4.69, 9.17) is 9.52 Å². The first-order valence-electron chi connectivity index (χ1n) is 4.68. The molecule has 0 amide bonds. The quantitative estimate of drug-likeness (QED) is 0.852. The zero-order chi connectivity index (χ0) is 11.4. The van der Waals surface area contributed by atoms with E-state index in [1.54, 1.807) is 5.51 Å². The summed E-state index contributed by atoms with van der Waals surface area (Å²) in [6, 6.07) is 0. The molecule has 16 heavy (non-hydrogen) atoms. The van der Waals surface area contributed by atoms with Crippen LogP contribution in [0.5, 0.6) is 0 Å². The summed E-state index contributed by atoms with van der Waals surface area (Å²) in [4.78, 5) is 14.3. The predicted molar refractivity (Wildman–Crippen MR) is 56.0 cm³/mol. The lowest BCUT2D eigenvalue weighted by atomic mass is 10.2. The number of hydrogen-bond acceptors (Lipinski definition) is 6. The minimum Gasteiger partial charge on any atom is -0.481 e. The molecule has 7 heteroatoms. The Balaban J connectivity index is 1.95. The molecular formula is C9H9N3O3S. The number of aromatic nitrogens is 3. The molecule has 84 valence electrons. The molecule has 0 spiro atoms. The molecule has 0 aliphatic rings. The highest BCUT2D eigenvalue weighted by molar-refractivity contribution is 7.07. The second kappa shape index (κ2) is 4.84. The van der Waals surface area contributed by atoms with E-state index in [9.17, 15) is 4.79 Å². The van der Waals surface area contributed by atoms with Crippen molar-refractivity contribution in [3.63, 3.8) is 0 Å². The molecule has 0 fully saturated rings. The van der Waals surface area contributed by atoms with Crippen LogP contribution in [-0.4, -0.2) is 26.3 Å². The third kappa shape index (κ3) is 2.63. The first kappa shape index (κ1) is 10.7. The molecule has 0 unspecified atom stereocenters. The number of carbonyl (C=O) groups is 1. The Morgan fingerprint density at radius 2 is 2.38 bits per heavy atom. The number of hydrogen-bond donors (Lipinski definition) is 1. The maximum Gasteiger partial charge on any atom is 0.303 e. The SMILES string of the molecule is O=C(O)CCCc1nnc(-c2cscn2)o1. The van der Waals surface area contributed by atoms with Gasteiger partial charge in [-0.3, -0.25) is 4.79 Å². The topological polar surface area (TPSA) is 89.1 Å². The number of nitrogens with zero attached hydrogens (tertiary/aromatic N) is 3. The Labute approximate surface area is 95.0 Å². The highest BCUT2D eigenvalue weighted by Gasteiger charge is 2.10. The van der Waals surface area contributed by atoms with Crippen LogP contribution in [0.15, 0.2) is 15.3 Å². The van der Waals surface area contributed by atoms with Gasteiger partial charge in [0.2, 0.25) is 5.89 Å². The maximum absolute atomic E-state index is 10.3. The summed E-state index contributed by atoms with van der Waals surface area (Å²) in [7, 11) is 0. The number of aliphatic carboxylic acids is 1. The molecule has 6 nitrogen and oxygen atoms in total. The summed E-state index contributed by atoms with van der Waals surface area (Å²) in [6.07, 6.45) is 1.08. The van der Waals surface area contributed by atoms with Crippen LogP contribution in [0.3, 0.4) is 0 Å². The second-order valence-corrected chi connectivity index (χ2v) is 3.84. The monoisotopic (exact) mass is 239 g/mol. The van der Waals surface area contributed by atoms with Gasteiger partial charge in [-0.15, -0.1) is 21.5 Å². The fourth-order valence-electron chi connectivity index (χ4n) is 1.17. The Bertz CT molecular complexity index is 466. The summed E-state index contributed by atoms with van der Waals surface area (Å²) >= 11 is 1.45. The largest absolute Gasteiger partial charge is 0.481 e. The van der Waals surface area contributed by atoms with Crippen LogP contribution in [0.2, 0.25) is 0 Å². The third-order valence-corrected chi connectivity index (χ3v) is 2.49. The van der Waals surface area contributed by atoms with Crippen molar-refractivity contribution in [1.82, 2.24) is 15.2 Å². The molecule has 2 aromatic heterocycles. The molecular weight excluding hydrogens is 230 g/mol. The van der Waals surface area contributed by atoms with Gasteiger partial charge in [0, 0.05) is 18.2 Å². The Morgan fingerprint density at radius 1 is 1.50 bits per heavy atom. The minimum atomic E-state index is -0.820. The molecule has 1 N–H and O–H groups in total. The summed E-state index contributed by atoms with van der Waals surface area (Å²) in [5, 5.41) is 17.9. The first-order valence-corrected chi connectivity index (χ1v) is 5.62. The Kier molecular flexibility index (Phi) is 3.25. The Hall–Kier alpha value is -1.76. The molecule has 0 bridgehead atoms. The van der Waals surface area contributed by atoms with Crippen LogP contribution in [0.25, 0.3) is 11.6 Å². The normalized spacial score (nSPS) is 10.5. The number of aryl methyl sites for hydroxylation is 1. The average molecular weight is 239 g/mol. The zero-order valence-corrected chi connectivity index (χ0v) is 9.11. The van der Waals surface area contributed by atoms with Crippen LogP contribution < -0.4 is 0 Å². The molecule has 2 heterocycles. The van der Waals surface area contributed by atoms with Crippen LogP contribution in [0.4, 0.5) is 0 Å². The maximum atomic E-state index is 10.3. The van der Waals surface area contributed by atoms with Gasteiger partial charge in [-0.1, -0.05) is 0 Å². The number of carboxylic acid groups (broad SMARTS) is 1. The van der Waals surface area contributed by atoms with E-state index in [1.165, 1.54) is 11.3 Å². The molecule has 0 aliphatic carbocycles. The van der Waals surface area contributed by atoms with Gasteiger partial charge in [-0.25, -0.2) is 4.98 Å². The van der Waals surface area contributed by atoms with Crippen molar-refractivity contribution in [2.45, 2.75) is 19.3 Å². The lowest BCUT2D eigenvalue weighted by Crippen LogP contribution is -1.95. The van der Waals surface area contributed by atoms with Gasteiger partial charge >= 0.3 is 5.97 Å². The molecule has 0 aliphatic heterocycles. The van der Waals surface area contributed by atoms with Gasteiger partial charge in [-0.05, 0) is 6.42 Å². The van der Waals surface area contributed by atoms with Crippen molar-refractivity contribution in [3.05, 3.63) is 16.8 Å². The van der Waals surface area contributed by atoms with E-state index in [2.05, 4.69) is 15.2 Å². The molecule has 0 atom stereocenters. The van der Waals surface area contributed by atoms with Gasteiger partial charge in [0.1, 0.15) is 5.69 Å². The number of carboxylic acids is 1. The Morgan fingerprint density at radius 3 is 3.06 bits per heavy atom. The standard InChI is InChI=1S/C9H9N3O3S/c13-8(14)3-1-2-7-11-12-9(15-7)6-4-16-5-10-6/h4-5H,1-3H2,(H,13,14). The van der Waals surface area contributed by atoms with Gasteiger partial charge < -0.3 is 9.52 Å². The van der Waals surface area contributed by atoms with Gasteiger partial charge in [0.15, 0.2) is 0 Å². The summed E-state index contributed by atoms with van der Waals surface area (Å²) in [6.45, 7) is 0. The number of rotatable bonds is 5. The highest BCUT2D eigenvalue weighted by atomic mass is 32.1. The smallest absolute Gasteiger partial charge is 0.303 e. The van der Waals surface area contributed by atoms with Crippen LogP contribution in [0.1, 0.15) is 18.7 Å². The summed E-state index contributed by atoms with van der Waals surface area (Å²) in [5.41, 5.74) is 2.34. The molecule has 0 radical (unpaired) electrons. The van der Waals surface area contributed by atoms with Crippen LogP contribution in [-0.2, 0) is 11.2 Å². The van der Waals surface area contributed by atoms with Crippen molar-refractivity contribution >= 4 is 17.3 Å². The van der Waals surface area contributed by atoms with Crippen molar-refractivity contribution < 1.29 is 14.3 Å². The van der Waals surface area contributed by atoms with E-state index in [-0.39, 0.29) is 6.42 Å². The highest BCUT2D eigenvalue weighted by Crippen LogP contribution is 2.17. The molecule has 0 saturated carbocycles. The zero-order valence-electron chi connectivity index (χ0n) is 8.29. The molecule has 0 aromatic carbocycles. The second-order valence-electron chi connectivity index (χ2n) is 3.12.